The fourth-order valence-electron chi connectivity index (χ4n) is 2.27. The Balaban J connectivity index is 1.84. The first-order valence-corrected chi connectivity index (χ1v) is 7.61. The zero-order chi connectivity index (χ0) is 16.4. The van der Waals surface area contributed by atoms with Gasteiger partial charge in [0.1, 0.15) is 6.61 Å². The second kappa shape index (κ2) is 6.52. The van der Waals surface area contributed by atoms with E-state index in [1.54, 1.807) is 31.4 Å². The van der Waals surface area contributed by atoms with Crippen molar-refractivity contribution >= 4 is 40.9 Å². The summed E-state index contributed by atoms with van der Waals surface area (Å²) >= 11 is 11.9. The van der Waals surface area contributed by atoms with E-state index in [0.717, 1.165) is 5.56 Å². The van der Waals surface area contributed by atoms with Crippen molar-refractivity contribution in [2.45, 2.75) is 0 Å². The molecule has 1 N–H and O–H groups in total. The molecule has 0 saturated heterocycles. The average molecular weight is 350 g/mol. The van der Waals surface area contributed by atoms with E-state index in [9.17, 15) is 4.79 Å². The number of fused-ring (bicyclic) bond motifs is 1. The lowest BCUT2D eigenvalue weighted by Gasteiger charge is -2.19. The maximum absolute atomic E-state index is 12.4. The number of para-hydroxylation sites is 1. The molecule has 1 amide bonds. The second-order valence-electron chi connectivity index (χ2n) is 4.92. The third-order valence-electron chi connectivity index (χ3n) is 3.40. The van der Waals surface area contributed by atoms with Gasteiger partial charge in [-0.3, -0.25) is 4.79 Å². The summed E-state index contributed by atoms with van der Waals surface area (Å²) in [6.07, 6.45) is 1.78. The quantitative estimate of drug-likeness (QED) is 0.892. The number of hydrogen-bond acceptors (Lipinski definition) is 3. The molecule has 1 heterocycles. The number of hydrogen-bond donors (Lipinski definition) is 1. The van der Waals surface area contributed by atoms with Gasteiger partial charge in [-0.1, -0.05) is 35.3 Å². The molecular weight excluding hydrogens is 337 g/mol. The molecule has 0 atom stereocenters. The van der Waals surface area contributed by atoms with Crippen LogP contribution in [0.5, 0.6) is 11.5 Å². The Morgan fingerprint density at radius 3 is 2.83 bits per heavy atom. The van der Waals surface area contributed by atoms with Gasteiger partial charge in [0.05, 0.1) is 23.4 Å². The Bertz CT molecular complexity index is 802. The fraction of sp³-hybridized carbons (Fsp3) is 0.118. The van der Waals surface area contributed by atoms with Crippen molar-refractivity contribution in [2.75, 3.05) is 19.0 Å². The van der Waals surface area contributed by atoms with Crippen LogP contribution in [0, 0.1) is 0 Å². The van der Waals surface area contributed by atoms with E-state index in [1.807, 2.05) is 18.2 Å². The molecule has 1 aliphatic rings. The Hall–Kier alpha value is -2.17. The van der Waals surface area contributed by atoms with E-state index >= 15 is 0 Å². The number of carbonyl (C=O) groups excluding carboxylic acids is 1. The SMILES string of the molecule is COc1cccc2c1OCC(C(=O)Nc1ccc(Cl)cc1Cl)=C2. The van der Waals surface area contributed by atoms with E-state index in [4.69, 9.17) is 32.7 Å². The summed E-state index contributed by atoms with van der Waals surface area (Å²) in [6, 6.07) is 10.4. The molecular formula is C17H13Cl2NO3. The molecule has 1 aliphatic heterocycles. The van der Waals surface area contributed by atoms with Crippen molar-refractivity contribution in [3.63, 3.8) is 0 Å². The van der Waals surface area contributed by atoms with Gasteiger partial charge in [-0.05, 0) is 30.3 Å². The molecule has 6 heteroatoms. The number of amides is 1. The third kappa shape index (κ3) is 3.28. The Morgan fingerprint density at radius 2 is 2.09 bits per heavy atom. The van der Waals surface area contributed by atoms with Gasteiger partial charge in [0, 0.05) is 10.6 Å². The molecule has 0 aliphatic carbocycles. The molecule has 0 aromatic heterocycles. The zero-order valence-corrected chi connectivity index (χ0v) is 13.7. The standard InChI is InChI=1S/C17H13Cl2NO3/c1-22-15-4-2-3-10-7-11(9-23-16(10)15)17(21)20-14-6-5-12(18)8-13(14)19/h2-8H,9H2,1H3,(H,20,21). The molecule has 0 fully saturated rings. The van der Waals surface area contributed by atoms with Gasteiger partial charge < -0.3 is 14.8 Å². The van der Waals surface area contributed by atoms with E-state index in [2.05, 4.69) is 5.32 Å². The van der Waals surface area contributed by atoms with Crippen LogP contribution in [0.15, 0.2) is 42.0 Å². The van der Waals surface area contributed by atoms with Crippen molar-refractivity contribution < 1.29 is 14.3 Å². The summed E-state index contributed by atoms with van der Waals surface area (Å²) in [5.74, 6) is 0.998. The molecule has 118 valence electrons. The lowest BCUT2D eigenvalue weighted by molar-refractivity contribution is -0.113. The van der Waals surface area contributed by atoms with Crippen molar-refractivity contribution in [1.82, 2.24) is 0 Å². The third-order valence-corrected chi connectivity index (χ3v) is 3.95. The summed E-state index contributed by atoms with van der Waals surface area (Å²) in [5, 5.41) is 3.65. The monoisotopic (exact) mass is 349 g/mol. The topological polar surface area (TPSA) is 47.6 Å². The van der Waals surface area contributed by atoms with Crippen LogP contribution in [-0.2, 0) is 4.79 Å². The minimum absolute atomic E-state index is 0.157. The molecule has 2 aromatic carbocycles. The lowest BCUT2D eigenvalue weighted by atomic mass is 10.1. The van der Waals surface area contributed by atoms with Gasteiger partial charge in [-0.25, -0.2) is 0 Å². The number of carbonyl (C=O) groups is 1. The molecule has 23 heavy (non-hydrogen) atoms. The number of nitrogens with one attached hydrogen (secondary N) is 1. The largest absolute Gasteiger partial charge is 0.493 e. The van der Waals surface area contributed by atoms with Crippen LogP contribution in [0.25, 0.3) is 6.08 Å². The number of ether oxygens (including phenoxy) is 2. The molecule has 0 bridgehead atoms. The summed E-state index contributed by atoms with van der Waals surface area (Å²) in [6.45, 7) is 0.157. The number of methoxy groups -OCH3 is 1. The van der Waals surface area contributed by atoms with Gasteiger partial charge in [-0.15, -0.1) is 0 Å². The summed E-state index contributed by atoms with van der Waals surface area (Å²) in [5.41, 5.74) is 1.79. The smallest absolute Gasteiger partial charge is 0.255 e. The van der Waals surface area contributed by atoms with Crippen LogP contribution in [0.2, 0.25) is 10.0 Å². The first-order valence-electron chi connectivity index (χ1n) is 6.85. The average Bonchev–Trinajstić information content (AvgIpc) is 2.56. The molecule has 0 unspecified atom stereocenters. The lowest BCUT2D eigenvalue weighted by Crippen LogP contribution is -2.21. The predicted molar refractivity (Wildman–Crippen MR) is 91.6 cm³/mol. The maximum atomic E-state index is 12.4. The minimum Gasteiger partial charge on any atom is -0.493 e. The van der Waals surface area contributed by atoms with Gasteiger partial charge in [0.15, 0.2) is 11.5 Å². The number of benzene rings is 2. The Labute approximate surface area is 143 Å². The van der Waals surface area contributed by atoms with E-state index < -0.39 is 0 Å². The number of anilines is 1. The molecule has 0 spiro atoms. The van der Waals surface area contributed by atoms with Crippen molar-refractivity contribution in [3.05, 3.63) is 57.6 Å². The Morgan fingerprint density at radius 1 is 1.26 bits per heavy atom. The highest BCUT2D eigenvalue weighted by molar-refractivity contribution is 6.36. The highest BCUT2D eigenvalue weighted by Gasteiger charge is 2.20. The summed E-state index contributed by atoms with van der Waals surface area (Å²) in [7, 11) is 1.58. The fourth-order valence-corrected chi connectivity index (χ4v) is 2.72. The van der Waals surface area contributed by atoms with Crippen molar-refractivity contribution in [1.29, 1.82) is 0 Å². The van der Waals surface area contributed by atoms with Gasteiger partial charge >= 0.3 is 0 Å². The highest BCUT2D eigenvalue weighted by atomic mass is 35.5. The van der Waals surface area contributed by atoms with Crippen LogP contribution in [-0.4, -0.2) is 19.6 Å². The zero-order valence-electron chi connectivity index (χ0n) is 12.2. The van der Waals surface area contributed by atoms with Gasteiger partial charge in [-0.2, -0.15) is 0 Å². The summed E-state index contributed by atoms with van der Waals surface area (Å²) in [4.78, 5) is 12.4. The molecule has 0 saturated carbocycles. The molecule has 2 aromatic rings. The van der Waals surface area contributed by atoms with Crippen molar-refractivity contribution in [2.24, 2.45) is 0 Å². The van der Waals surface area contributed by atoms with E-state index in [-0.39, 0.29) is 12.5 Å². The van der Waals surface area contributed by atoms with E-state index in [1.165, 1.54) is 0 Å². The van der Waals surface area contributed by atoms with Gasteiger partial charge in [0.25, 0.3) is 5.91 Å². The Kier molecular flexibility index (Phi) is 4.46. The molecule has 3 rings (SSSR count). The molecule has 0 radical (unpaired) electrons. The van der Waals surface area contributed by atoms with Crippen molar-refractivity contribution in [3.8, 4) is 11.5 Å². The number of rotatable bonds is 3. The predicted octanol–water partition coefficient (Wildman–Crippen LogP) is 4.42. The first kappa shape index (κ1) is 15.7. The number of halogens is 2. The summed E-state index contributed by atoms with van der Waals surface area (Å²) < 4.78 is 10.9. The van der Waals surface area contributed by atoms with Crippen LogP contribution in [0.1, 0.15) is 5.56 Å². The van der Waals surface area contributed by atoms with Crippen LogP contribution in [0.4, 0.5) is 5.69 Å². The van der Waals surface area contributed by atoms with E-state index in [0.29, 0.717) is 32.8 Å². The first-order chi connectivity index (χ1) is 11.1. The van der Waals surface area contributed by atoms with Crippen LogP contribution < -0.4 is 14.8 Å². The maximum Gasteiger partial charge on any atom is 0.255 e. The van der Waals surface area contributed by atoms with Crippen LogP contribution in [0.3, 0.4) is 0 Å². The van der Waals surface area contributed by atoms with Gasteiger partial charge in [0.2, 0.25) is 0 Å². The molecule has 4 nitrogen and oxygen atoms in total. The van der Waals surface area contributed by atoms with Crippen LogP contribution >= 0.6 is 23.2 Å². The normalized spacial score (nSPS) is 12.7. The highest BCUT2D eigenvalue weighted by Crippen LogP contribution is 2.35. The minimum atomic E-state index is -0.275. The second-order valence-corrected chi connectivity index (χ2v) is 5.76.